The number of hydrogen-bond donors (Lipinski definition) is 1. The van der Waals surface area contributed by atoms with Crippen LogP contribution in [0.3, 0.4) is 0 Å². The van der Waals surface area contributed by atoms with Crippen molar-refractivity contribution in [2.75, 3.05) is 19.6 Å². The summed E-state index contributed by atoms with van der Waals surface area (Å²) in [6, 6.07) is 1.93. The largest absolute Gasteiger partial charge is 0.335 e. The van der Waals surface area contributed by atoms with Gasteiger partial charge in [0.25, 0.3) is 11.8 Å². The van der Waals surface area contributed by atoms with Gasteiger partial charge in [0.15, 0.2) is 0 Å². The van der Waals surface area contributed by atoms with E-state index >= 15 is 0 Å². The molecule has 2 aromatic heterocycles. The number of carbonyl (C=O) groups is 2. The Bertz CT molecular complexity index is 862. The second-order valence-electron chi connectivity index (χ2n) is 7.84. The van der Waals surface area contributed by atoms with Gasteiger partial charge < -0.3 is 9.80 Å². The lowest BCUT2D eigenvalue weighted by molar-refractivity contribution is 0.0568. The summed E-state index contributed by atoms with van der Waals surface area (Å²) in [6.45, 7) is 1.88. The lowest BCUT2D eigenvalue weighted by Gasteiger charge is -2.35. The molecule has 4 fully saturated rings. The van der Waals surface area contributed by atoms with Gasteiger partial charge in [0.2, 0.25) is 0 Å². The highest BCUT2D eigenvalue weighted by Crippen LogP contribution is 2.39. The number of hydrogen-bond acceptors (Lipinski definition) is 5. The number of fused-ring (bicyclic) bond motifs is 4. The van der Waals surface area contributed by atoms with Crippen LogP contribution in [0, 0.1) is 5.92 Å². The van der Waals surface area contributed by atoms with Gasteiger partial charge in [-0.25, -0.2) is 4.98 Å². The van der Waals surface area contributed by atoms with E-state index in [1.54, 1.807) is 6.20 Å². The van der Waals surface area contributed by atoms with E-state index in [-0.39, 0.29) is 23.8 Å². The average Bonchev–Trinajstić information content (AvgIpc) is 3.51. The minimum atomic E-state index is -0.106. The van der Waals surface area contributed by atoms with Crippen LogP contribution in [0.1, 0.15) is 58.3 Å². The minimum absolute atomic E-state index is 0.0259. The molecule has 0 radical (unpaired) electrons. The van der Waals surface area contributed by atoms with E-state index in [0.717, 1.165) is 18.5 Å². The normalized spacial score (nSPS) is 24.7. The third kappa shape index (κ3) is 3.09. The third-order valence-electron chi connectivity index (χ3n) is 5.88. The minimum Gasteiger partial charge on any atom is -0.335 e. The second kappa shape index (κ2) is 6.44. The summed E-state index contributed by atoms with van der Waals surface area (Å²) in [6.07, 6.45) is 8.88. The van der Waals surface area contributed by atoms with E-state index in [2.05, 4.69) is 20.2 Å². The predicted octanol–water partition coefficient (Wildman–Crippen LogP) is 1.45. The summed E-state index contributed by atoms with van der Waals surface area (Å²) < 4.78 is 0. The van der Waals surface area contributed by atoms with Crippen LogP contribution < -0.4 is 0 Å². The summed E-state index contributed by atoms with van der Waals surface area (Å²) in [7, 11) is 0. The number of aromatic amines is 1. The van der Waals surface area contributed by atoms with Crippen LogP contribution in [0.5, 0.6) is 0 Å². The molecule has 2 amide bonds. The Morgan fingerprint density at radius 1 is 1.00 bits per heavy atom. The van der Waals surface area contributed by atoms with Gasteiger partial charge in [-0.05, 0) is 37.7 Å². The number of carbonyl (C=O) groups excluding carboxylic acids is 2. The molecule has 2 aromatic rings. The number of nitrogens with one attached hydrogen (secondary N) is 1. The standard InChI is InChI=1S/C19H22N6O2/c26-18(17-8-20-5-6-21-17)24-9-12-1-4-14(11-24)25(10-12)19(27)16-7-15(22-23-16)13-2-3-13/h5-8,12-14H,1-4,9-11H2,(H,22,23)/t12-,14+/m0/s1. The molecule has 0 spiro atoms. The molecule has 0 aromatic carbocycles. The molecule has 8 heteroatoms. The van der Waals surface area contributed by atoms with Crippen molar-refractivity contribution >= 4 is 11.8 Å². The smallest absolute Gasteiger partial charge is 0.274 e. The van der Waals surface area contributed by atoms with Gasteiger partial charge in [-0.1, -0.05) is 0 Å². The van der Waals surface area contributed by atoms with E-state index < -0.39 is 0 Å². The summed E-state index contributed by atoms with van der Waals surface area (Å²) in [4.78, 5) is 37.8. The number of nitrogens with zero attached hydrogens (tertiary/aromatic N) is 5. The fourth-order valence-electron chi connectivity index (χ4n) is 4.26. The Morgan fingerprint density at radius 2 is 1.89 bits per heavy atom. The molecule has 2 atom stereocenters. The fraction of sp³-hybridized carbons (Fsp3) is 0.526. The molecule has 1 N–H and O–H groups in total. The van der Waals surface area contributed by atoms with Gasteiger partial charge in [-0.2, -0.15) is 5.10 Å². The van der Waals surface area contributed by atoms with Crippen molar-refractivity contribution in [3.63, 3.8) is 0 Å². The molecule has 3 aliphatic heterocycles. The third-order valence-corrected chi connectivity index (χ3v) is 5.88. The summed E-state index contributed by atoms with van der Waals surface area (Å²) >= 11 is 0. The molecule has 27 heavy (non-hydrogen) atoms. The quantitative estimate of drug-likeness (QED) is 0.887. The molecule has 140 valence electrons. The van der Waals surface area contributed by atoms with Crippen molar-refractivity contribution in [3.8, 4) is 0 Å². The van der Waals surface area contributed by atoms with E-state index in [9.17, 15) is 9.59 Å². The van der Waals surface area contributed by atoms with Gasteiger partial charge in [-0.3, -0.25) is 19.7 Å². The highest BCUT2D eigenvalue weighted by molar-refractivity contribution is 5.94. The maximum Gasteiger partial charge on any atom is 0.274 e. The van der Waals surface area contributed by atoms with E-state index in [0.29, 0.717) is 36.9 Å². The van der Waals surface area contributed by atoms with Crippen LogP contribution in [-0.2, 0) is 0 Å². The zero-order chi connectivity index (χ0) is 18.4. The van der Waals surface area contributed by atoms with Crippen LogP contribution >= 0.6 is 0 Å². The first kappa shape index (κ1) is 16.4. The Kier molecular flexibility index (Phi) is 3.91. The molecule has 1 aliphatic carbocycles. The van der Waals surface area contributed by atoms with Crippen LogP contribution in [0.15, 0.2) is 24.7 Å². The highest BCUT2D eigenvalue weighted by atomic mass is 16.2. The molecular formula is C19H22N6O2. The molecule has 1 saturated carbocycles. The van der Waals surface area contributed by atoms with Gasteiger partial charge in [0.1, 0.15) is 11.4 Å². The predicted molar refractivity (Wildman–Crippen MR) is 96.0 cm³/mol. The number of piperidine rings is 1. The first-order valence-corrected chi connectivity index (χ1v) is 9.60. The molecule has 8 nitrogen and oxygen atoms in total. The van der Waals surface area contributed by atoms with Gasteiger partial charge in [0, 0.05) is 49.7 Å². The summed E-state index contributed by atoms with van der Waals surface area (Å²) in [5.74, 6) is 0.696. The maximum absolute atomic E-state index is 13.1. The fourth-order valence-corrected chi connectivity index (χ4v) is 4.26. The van der Waals surface area contributed by atoms with E-state index in [1.807, 2.05) is 15.9 Å². The topological polar surface area (TPSA) is 95.1 Å². The summed E-state index contributed by atoms with van der Waals surface area (Å²) in [5.41, 5.74) is 1.92. The van der Waals surface area contributed by atoms with Crippen molar-refractivity contribution in [1.82, 2.24) is 30.0 Å². The molecule has 2 bridgehead atoms. The van der Waals surface area contributed by atoms with Crippen molar-refractivity contribution in [1.29, 1.82) is 0 Å². The molecule has 3 saturated heterocycles. The van der Waals surface area contributed by atoms with E-state index in [4.69, 9.17) is 0 Å². The zero-order valence-electron chi connectivity index (χ0n) is 15.0. The monoisotopic (exact) mass is 366 g/mol. The molecule has 6 rings (SSSR count). The SMILES string of the molecule is O=C(c1cnccn1)N1C[C@@H]2CC[C@H](C1)N(C(=O)c1cc(C3CC3)[nH]n1)C2. The number of amides is 2. The van der Waals surface area contributed by atoms with Crippen molar-refractivity contribution in [2.24, 2.45) is 5.92 Å². The average molecular weight is 366 g/mol. The molecular weight excluding hydrogens is 344 g/mol. The van der Waals surface area contributed by atoms with Crippen LogP contribution in [0.25, 0.3) is 0 Å². The first-order chi connectivity index (χ1) is 13.2. The second-order valence-corrected chi connectivity index (χ2v) is 7.84. The number of aromatic nitrogens is 4. The Balaban J connectivity index is 1.34. The van der Waals surface area contributed by atoms with Crippen LogP contribution in [-0.4, -0.2) is 67.5 Å². The number of H-pyrrole nitrogens is 1. The maximum atomic E-state index is 13.1. The van der Waals surface area contributed by atoms with Crippen molar-refractivity contribution in [3.05, 3.63) is 41.7 Å². The lowest BCUT2D eigenvalue weighted by atomic mass is 9.94. The van der Waals surface area contributed by atoms with Gasteiger partial charge in [-0.15, -0.1) is 0 Å². The molecule has 0 unspecified atom stereocenters. The Labute approximate surface area is 157 Å². The van der Waals surface area contributed by atoms with Crippen LogP contribution in [0.2, 0.25) is 0 Å². The first-order valence-electron chi connectivity index (χ1n) is 9.60. The zero-order valence-corrected chi connectivity index (χ0v) is 15.0. The summed E-state index contributed by atoms with van der Waals surface area (Å²) in [5, 5.41) is 7.27. The Hall–Kier alpha value is -2.77. The van der Waals surface area contributed by atoms with Gasteiger partial charge >= 0.3 is 0 Å². The lowest BCUT2D eigenvalue weighted by Crippen LogP contribution is -2.47. The highest BCUT2D eigenvalue weighted by Gasteiger charge is 2.40. The molecule has 5 heterocycles. The van der Waals surface area contributed by atoms with Gasteiger partial charge in [0.05, 0.1) is 6.20 Å². The number of rotatable bonds is 3. The van der Waals surface area contributed by atoms with Crippen molar-refractivity contribution < 1.29 is 9.59 Å². The van der Waals surface area contributed by atoms with Crippen LogP contribution in [0.4, 0.5) is 0 Å². The molecule has 4 aliphatic rings. The van der Waals surface area contributed by atoms with E-state index in [1.165, 1.54) is 25.2 Å². The Morgan fingerprint density at radius 3 is 2.67 bits per heavy atom. The van der Waals surface area contributed by atoms with Crippen molar-refractivity contribution in [2.45, 2.75) is 37.6 Å².